The van der Waals surface area contributed by atoms with E-state index >= 15 is 0 Å². The van der Waals surface area contributed by atoms with Crippen LogP contribution in [0.25, 0.3) is 0 Å². The van der Waals surface area contributed by atoms with Crippen LogP contribution in [0.4, 0.5) is 0 Å². The Labute approximate surface area is 123 Å². The second-order valence-electron chi connectivity index (χ2n) is 6.24. The van der Waals surface area contributed by atoms with E-state index < -0.39 is 24.6 Å². The Morgan fingerprint density at radius 1 is 1.24 bits per heavy atom. The molecule has 3 aliphatic rings. The molecule has 2 saturated heterocycles. The van der Waals surface area contributed by atoms with E-state index in [0.29, 0.717) is 6.61 Å². The summed E-state index contributed by atoms with van der Waals surface area (Å²) in [5.74, 6) is 0.00467. The molecule has 2 heterocycles. The molecule has 0 radical (unpaired) electrons. The fourth-order valence-electron chi connectivity index (χ4n) is 3.21. The summed E-state index contributed by atoms with van der Waals surface area (Å²) in [6, 6.07) is 0. The number of aliphatic hydroxyl groups is 3. The molecule has 0 aromatic rings. The zero-order valence-electron chi connectivity index (χ0n) is 12.1. The van der Waals surface area contributed by atoms with E-state index in [9.17, 15) is 15.3 Å². The van der Waals surface area contributed by atoms with Gasteiger partial charge in [-0.15, -0.1) is 0 Å². The average Bonchev–Trinajstić information content (AvgIpc) is 2.33. The maximum atomic E-state index is 10.4. The minimum absolute atomic E-state index is 0.146. The van der Waals surface area contributed by atoms with Crippen LogP contribution in [0.15, 0.2) is 0 Å². The van der Waals surface area contributed by atoms with Gasteiger partial charge in [0.1, 0.15) is 24.9 Å². The van der Waals surface area contributed by atoms with Crippen LogP contribution in [0.5, 0.6) is 0 Å². The molecule has 3 N–H and O–H groups in total. The quantitative estimate of drug-likeness (QED) is 0.593. The molecule has 21 heavy (non-hydrogen) atoms. The molecule has 0 spiro atoms. The summed E-state index contributed by atoms with van der Waals surface area (Å²) in [5, 5.41) is 29.7. The average molecular weight is 304 g/mol. The van der Waals surface area contributed by atoms with Gasteiger partial charge >= 0.3 is 0 Å². The van der Waals surface area contributed by atoms with Crippen LogP contribution in [0, 0.1) is 11.8 Å². The van der Waals surface area contributed by atoms with Crippen molar-refractivity contribution in [2.45, 2.75) is 63.0 Å². The number of aliphatic hydroxyl groups excluding tert-OH is 3. The zero-order valence-corrected chi connectivity index (χ0v) is 12.1. The smallest absolute Gasteiger partial charge is 0.164 e. The van der Waals surface area contributed by atoms with E-state index in [4.69, 9.17) is 14.4 Å². The Hall–Kier alpha value is -0.280. The predicted molar refractivity (Wildman–Crippen MR) is 70.0 cm³/mol. The highest BCUT2D eigenvalue weighted by atomic mass is 17.2. The molecule has 7 heteroatoms. The molecular formula is C14H24O7. The van der Waals surface area contributed by atoms with Gasteiger partial charge in [-0.05, 0) is 25.7 Å². The van der Waals surface area contributed by atoms with Crippen LogP contribution in [0.3, 0.4) is 0 Å². The van der Waals surface area contributed by atoms with Gasteiger partial charge in [0, 0.05) is 5.92 Å². The van der Waals surface area contributed by atoms with Crippen LogP contribution in [-0.4, -0.2) is 65.3 Å². The first-order valence-corrected chi connectivity index (χ1v) is 7.68. The Morgan fingerprint density at radius 2 is 1.95 bits per heavy atom. The summed E-state index contributed by atoms with van der Waals surface area (Å²) in [6.07, 6.45) is -0.777. The van der Waals surface area contributed by atoms with E-state index in [0.717, 1.165) is 19.3 Å². The van der Waals surface area contributed by atoms with Crippen LogP contribution in [0.1, 0.15) is 26.2 Å². The van der Waals surface area contributed by atoms with E-state index in [1.807, 2.05) is 6.92 Å². The van der Waals surface area contributed by atoms with Gasteiger partial charge in [0.15, 0.2) is 6.29 Å². The molecule has 7 atom stereocenters. The number of rotatable bonds is 5. The number of hydrogen-bond acceptors (Lipinski definition) is 7. The molecule has 0 aromatic carbocycles. The molecule has 0 amide bonds. The van der Waals surface area contributed by atoms with Gasteiger partial charge in [0.2, 0.25) is 0 Å². The summed E-state index contributed by atoms with van der Waals surface area (Å²) < 4.78 is 11.6. The second-order valence-corrected chi connectivity index (χ2v) is 6.24. The molecule has 0 bridgehead atoms. The van der Waals surface area contributed by atoms with E-state index in [1.165, 1.54) is 0 Å². The summed E-state index contributed by atoms with van der Waals surface area (Å²) in [7, 11) is 0. The van der Waals surface area contributed by atoms with Gasteiger partial charge in [-0.3, -0.25) is 0 Å². The highest BCUT2D eigenvalue weighted by Crippen LogP contribution is 2.42. The lowest BCUT2D eigenvalue weighted by Crippen LogP contribution is -2.60. The van der Waals surface area contributed by atoms with Crippen molar-refractivity contribution in [1.82, 2.24) is 0 Å². The first-order valence-electron chi connectivity index (χ1n) is 7.68. The molecule has 0 aromatic heterocycles. The van der Waals surface area contributed by atoms with Gasteiger partial charge in [-0.1, -0.05) is 6.42 Å². The molecule has 3 rings (SSSR count). The lowest BCUT2D eigenvalue weighted by molar-refractivity contribution is -0.446. The molecule has 122 valence electrons. The van der Waals surface area contributed by atoms with Crippen LogP contribution < -0.4 is 0 Å². The van der Waals surface area contributed by atoms with Crippen molar-refractivity contribution < 1.29 is 34.6 Å². The van der Waals surface area contributed by atoms with Gasteiger partial charge in [0.25, 0.3) is 0 Å². The maximum absolute atomic E-state index is 10.4. The molecular weight excluding hydrogens is 280 g/mol. The normalized spacial score (nSPS) is 45.7. The molecule has 6 unspecified atom stereocenters. The topological polar surface area (TPSA) is 97.6 Å². The summed E-state index contributed by atoms with van der Waals surface area (Å²) in [5.41, 5.74) is 0. The minimum atomic E-state index is -1.08. The molecule has 1 saturated carbocycles. The maximum Gasteiger partial charge on any atom is 0.164 e. The van der Waals surface area contributed by atoms with Crippen molar-refractivity contribution in [3.63, 3.8) is 0 Å². The van der Waals surface area contributed by atoms with Crippen molar-refractivity contribution in [3.8, 4) is 0 Å². The van der Waals surface area contributed by atoms with Gasteiger partial charge < -0.3 is 24.8 Å². The standard InChI is InChI=1S/C14H24O7/c1-7(10-6-18-21-10)19-14-11(8-3-2-4-8)13(17)12(16)9(5-15)20-14/h7-17H,2-6H2,1H3/t7?,9-,10?,11?,12?,13?,14?/m0/s1. The third-order valence-electron chi connectivity index (χ3n) is 4.92. The monoisotopic (exact) mass is 304 g/mol. The number of hydrogen-bond donors (Lipinski definition) is 3. The van der Waals surface area contributed by atoms with E-state index in [2.05, 4.69) is 4.89 Å². The van der Waals surface area contributed by atoms with Crippen molar-refractivity contribution >= 4 is 0 Å². The largest absolute Gasteiger partial charge is 0.394 e. The zero-order chi connectivity index (χ0) is 15.0. The lowest BCUT2D eigenvalue weighted by Gasteiger charge is -2.48. The fourth-order valence-corrected chi connectivity index (χ4v) is 3.21. The molecule has 7 nitrogen and oxygen atoms in total. The summed E-state index contributed by atoms with van der Waals surface area (Å²) in [6.45, 7) is 1.98. The van der Waals surface area contributed by atoms with Crippen molar-refractivity contribution in [1.29, 1.82) is 0 Å². The first kappa shape index (κ1) is 15.6. The summed E-state index contributed by atoms with van der Waals surface area (Å²) >= 11 is 0. The van der Waals surface area contributed by atoms with E-state index in [1.54, 1.807) is 0 Å². The predicted octanol–water partition coefficient (Wildman–Crippen LogP) is -0.423. The summed E-state index contributed by atoms with van der Waals surface area (Å²) in [4.78, 5) is 9.61. The highest BCUT2D eigenvalue weighted by molar-refractivity contribution is 4.94. The van der Waals surface area contributed by atoms with Crippen molar-refractivity contribution in [3.05, 3.63) is 0 Å². The fraction of sp³-hybridized carbons (Fsp3) is 1.00. The van der Waals surface area contributed by atoms with Crippen LogP contribution >= 0.6 is 0 Å². The Bertz CT molecular complexity index is 344. The Morgan fingerprint density at radius 3 is 2.43 bits per heavy atom. The van der Waals surface area contributed by atoms with Crippen LogP contribution in [0.2, 0.25) is 0 Å². The first-order chi connectivity index (χ1) is 10.1. The van der Waals surface area contributed by atoms with Crippen molar-refractivity contribution in [2.75, 3.05) is 13.2 Å². The van der Waals surface area contributed by atoms with E-state index in [-0.39, 0.29) is 30.7 Å². The number of ether oxygens (including phenoxy) is 2. The van der Waals surface area contributed by atoms with Gasteiger partial charge in [-0.25, -0.2) is 9.78 Å². The second kappa shape index (κ2) is 6.45. The van der Waals surface area contributed by atoms with Gasteiger partial charge in [-0.2, -0.15) is 0 Å². The van der Waals surface area contributed by atoms with Crippen LogP contribution in [-0.2, 0) is 19.2 Å². The third-order valence-corrected chi connectivity index (χ3v) is 4.92. The molecule has 3 fully saturated rings. The SMILES string of the molecule is CC(OC1O[C@@H](CO)C(O)C(O)C1C1CCC1)C1COO1. The van der Waals surface area contributed by atoms with Crippen molar-refractivity contribution in [2.24, 2.45) is 11.8 Å². The molecule has 1 aliphatic carbocycles. The highest BCUT2D eigenvalue weighted by Gasteiger charge is 2.50. The molecule has 2 aliphatic heterocycles. The van der Waals surface area contributed by atoms with Gasteiger partial charge in [0.05, 0.1) is 18.8 Å². The lowest BCUT2D eigenvalue weighted by atomic mass is 9.70. The Balaban J connectivity index is 1.69. The third kappa shape index (κ3) is 2.96. The minimum Gasteiger partial charge on any atom is -0.394 e. The Kier molecular flexibility index (Phi) is 4.80.